The number of rotatable bonds is 3. The van der Waals surface area contributed by atoms with Crippen molar-refractivity contribution in [3.8, 4) is 11.1 Å². The molecule has 1 N–H and O–H groups in total. The summed E-state index contributed by atoms with van der Waals surface area (Å²) in [5.41, 5.74) is 2.67. The molecule has 0 aliphatic carbocycles. The van der Waals surface area contributed by atoms with Crippen molar-refractivity contribution in [2.24, 2.45) is 0 Å². The first-order valence-corrected chi connectivity index (χ1v) is 5.84. The van der Waals surface area contributed by atoms with Gasteiger partial charge < -0.3 is 5.32 Å². The highest BCUT2D eigenvalue weighted by Crippen LogP contribution is 2.24. The fraction of sp³-hybridized carbons (Fsp3) is 0.200. The van der Waals surface area contributed by atoms with E-state index in [0.717, 1.165) is 17.2 Å². The monoisotopic (exact) mass is 247 g/mol. The van der Waals surface area contributed by atoms with Crippen molar-refractivity contribution in [2.45, 2.75) is 13.0 Å². The standard InChI is InChI=1S/C15H15F2N/c1-10(18-2)11-4-3-5-12(8-11)13-6-7-14(16)15(17)9-13/h3-10,18H,1-2H3. The van der Waals surface area contributed by atoms with E-state index >= 15 is 0 Å². The van der Waals surface area contributed by atoms with E-state index in [2.05, 4.69) is 5.32 Å². The average molecular weight is 247 g/mol. The minimum absolute atomic E-state index is 0.218. The molecule has 2 aromatic carbocycles. The highest BCUT2D eigenvalue weighted by Gasteiger charge is 2.07. The second-order valence-corrected chi connectivity index (χ2v) is 4.26. The fourth-order valence-corrected chi connectivity index (χ4v) is 1.83. The average Bonchev–Trinajstić information content (AvgIpc) is 2.41. The van der Waals surface area contributed by atoms with Crippen LogP contribution in [0.2, 0.25) is 0 Å². The molecule has 3 heteroatoms. The van der Waals surface area contributed by atoms with Crippen LogP contribution in [0.5, 0.6) is 0 Å². The zero-order valence-corrected chi connectivity index (χ0v) is 10.4. The summed E-state index contributed by atoms with van der Waals surface area (Å²) >= 11 is 0. The molecule has 94 valence electrons. The molecule has 0 saturated carbocycles. The molecule has 1 atom stereocenters. The number of nitrogens with one attached hydrogen (secondary N) is 1. The van der Waals surface area contributed by atoms with Crippen molar-refractivity contribution >= 4 is 0 Å². The quantitative estimate of drug-likeness (QED) is 0.867. The first-order chi connectivity index (χ1) is 8.61. The number of benzene rings is 2. The van der Waals surface area contributed by atoms with E-state index in [1.165, 1.54) is 6.07 Å². The molecule has 0 aliphatic heterocycles. The molecular weight excluding hydrogens is 232 g/mol. The molecule has 2 rings (SSSR count). The van der Waals surface area contributed by atoms with Crippen LogP contribution in [0, 0.1) is 11.6 Å². The largest absolute Gasteiger partial charge is 0.313 e. The Morgan fingerprint density at radius 3 is 2.33 bits per heavy atom. The molecule has 0 aromatic heterocycles. The third-order valence-electron chi connectivity index (χ3n) is 3.07. The number of halogens is 2. The van der Waals surface area contributed by atoms with Gasteiger partial charge in [0.15, 0.2) is 11.6 Å². The lowest BCUT2D eigenvalue weighted by atomic mass is 10.00. The maximum atomic E-state index is 13.2. The third-order valence-corrected chi connectivity index (χ3v) is 3.07. The molecule has 0 heterocycles. The fourth-order valence-electron chi connectivity index (χ4n) is 1.83. The number of hydrogen-bond acceptors (Lipinski definition) is 1. The van der Waals surface area contributed by atoms with Crippen LogP contribution in [0.3, 0.4) is 0 Å². The van der Waals surface area contributed by atoms with Gasteiger partial charge in [-0.15, -0.1) is 0 Å². The van der Waals surface area contributed by atoms with Crippen molar-refractivity contribution in [2.75, 3.05) is 7.05 Å². The third kappa shape index (κ3) is 2.57. The van der Waals surface area contributed by atoms with Crippen molar-refractivity contribution in [1.29, 1.82) is 0 Å². The Morgan fingerprint density at radius 2 is 1.67 bits per heavy atom. The lowest BCUT2D eigenvalue weighted by Crippen LogP contribution is -2.12. The Kier molecular flexibility index (Phi) is 3.72. The van der Waals surface area contributed by atoms with Crippen molar-refractivity contribution in [3.05, 3.63) is 59.7 Å². The van der Waals surface area contributed by atoms with Gasteiger partial charge in [-0.2, -0.15) is 0 Å². The summed E-state index contributed by atoms with van der Waals surface area (Å²) in [7, 11) is 1.88. The van der Waals surface area contributed by atoms with E-state index in [-0.39, 0.29) is 6.04 Å². The van der Waals surface area contributed by atoms with Gasteiger partial charge in [-0.1, -0.05) is 24.3 Å². The Labute approximate surface area is 105 Å². The Hall–Kier alpha value is -1.74. The molecule has 0 bridgehead atoms. The molecule has 0 fully saturated rings. The summed E-state index contributed by atoms with van der Waals surface area (Å²) in [6, 6.07) is 12.0. The van der Waals surface area contributed by atoms with E-state index in [9.17, 15) is 8.78 Å². The number of hydrogen-bond donors (Lipinski definition) is 1. The Bertz CT molecular complexity index is 552. The second kappa shape index (κ2) is 5.27. The van der Waals surface area contributed by atoms with Crippen molar-refractivity contribution in [1.82, 2.24) is 5.32 Å². The van der Waals surface area contributed by atoms with Crippen LogP contribution in [0.1, 0.15) is 18.5 Å². The van der Waals surface area contributed by atoms with Crippen LogP contribution < -0.4 is 5.32 Å². The minimum Gasteiger partial charge on any atom is -0.313 e. The van der Waals surface area contributed by atoms with E-state index in [4.69, 9.17) is 0 Å². The first kappa shape index (κ1) is 12.7. The summed E-state index contributed by atoms with van der Waals surface area (Å²) in [4.78, 5) is 0. The summed E-state index contributed by atoms with van der Waals surface area (Å²) in [6.45, 7) is 2.05. The maximum absolute atomic E-state index is 13.2. The molecule has 2 aromatic rings. The van der Waals surface area contributed by atoms with Crippen LogP contribution in [-0.2, 0) is 0 Å². The van der Waals surface area contributed by atoms with E-state index in [1.807, 2.05) is 38.2 Å². The van der Waals surface area contributed by atoms with Gasteiger partial charge in [0.05, 0.1) is 0 Å². The van der Waals surface area contributed by atoms with E-state index in [1.54, 1.807) is 6.07 Å². The minimum atomic E-state index is -0.821. The van der Waals surface area contributed by atoms with Gasteiger partial charge in [0.2, 0.25) is 0 Å². The van der Waals surface area contributed by atoms with Gasteiger partial charge in [0, 0.05) is 6.04 Å². The summed E-state index contributed by atoms with van der Waals surface area (Å²) < 4.78 is 26.1. The molecule has 0 aliphatic rings. The maximum Gasteiger partial charge on any atom is 0.159 e. The molecule has 0 saturated heterocycles. The molecule has 0 spiro atoms. The lowest BCUT2D eigenvalue weighted by molar-refractivity contribution is 0.509. The highest BCUT2D eigenvalue weighted by molar-refractivity contribution is 5.64. The molecule has 18 heavy (non-hydrogen) atoms. The molecule has 0 radical (unpaired) electrons. The second-order valence-electron chi connectivity index (χ2n) is 4.26. The van der Waals surface area contributed by atoms with E-state index in [0.29, 0.717) is 5.56 Å². The molecular formula is C15H15F2N. The van der Waals surface area contributed by atoms with Crippen molar-refractivity contribution in [3.63, 3.8) is 0 Å². The van der Waals surface area contributed by atoms with Crippen LogP contribution in [0.15, 0.2) is 42.5 Å². The topological polar surface area (TPSA) is 12.0 Å². The van der Waals surface area contributed by atoms with E-state index < -0.39 is 11.6 Å². The van der Waals surface area contributed by atoms with Gasteiger partial charge in [-0.25, -0.2) is 8.78 Å². The normalized spacial score (nSPS) is 12.4. The molecule has 1 unspecified atom stereocenters. The summed E-state index contributed by atoms with van der Waals surface area (Å²) in [5.74, 6) is -1.64. The summed E-state index contributed by atoms with van der Waals surface area (Å²) in [5, 5.41) is 3.15. The lowest BCUT2D eigenvalue weighted by Gasteiger charge is -2.12. The smallest absolute Gasteiger partial charge is 0.159 e. The Balaban J connectivity index is 2.41. The van der Waals surface area contributed by atoms with Crippen molar-refractivity contribution < 1.29 is 8.78 Å². The van der Waals surface area contributed by atoms with Gasteiger partial charge in [0.25, 0.3) is 0 Å². The highest BCUT2D eigenvalue weighted by atomic mass is 19.2. The van der Waals surface area contributed by atoms with Crippen LogP contribution in [-0.4, -0.2) is 7.05 Å². The molecule has 0 amide bonds. The zero-order valence-electron chi connectivity index (χ0n) is 10.4. The SMILES string of the molecule is CNC(C)c1cccc(-c2ccc(F)c(F)c2)c1. The predicted molar refractivity (Wildman–Crippen MR) is 69.3 cm³/mol. The van der Waals surface area contributed by atoms with Gasteiger partial charge in [-0.05, 0) is 48.9 Å². The first-order valence-electron chi connectivity index (χ1n) is 5.84. The van der Waals surface area contributed by atoms with Crippen LogP contribution >= 0.6 is 0 Å². The Morgan fingerprint density at radius 1 is 0.944 bits per heavy atom. The van der Waals surface area contributed by atoms with Gasteiger partial charge >= 0.3 is 0 Å². The molecule has 1 nitrogen and oxygen atoms in total. The van der Waals surface area contributed by atoms with Crippen LogP contribution in [0.25, 0.3) is 11.1 Å². The van der Waals surface area contributed by atoms with Gasteiger partial charge in [0.1, 0.15) is 0 Å². The van der Waals surface area contributed by atoms with Crippen LogP contribution in [0.4, 0.5) is 8.78 Å². The van der Waals surface area contributed by atoms with Gasteiger partial charge in [-0.3, -0.25) is 0 Å². The zero-order chi connectivity index (χ0) is 13.1. The summed E-state index contributed by atoms with van der Waals surface area (Å²) in [6.07, 6.45) is 0. The predicted octanol–water partition coefficient (Wildman–Crippen LogP) is 3.91.